The third-order valence-electron chi connectivity index (χ3n) is 5.14. The van der Waals surface area contributed by atoms with Crippen LogP contribution in [0, 0.1) is 11.3 Å². The molecule has 1 amide bonds. The van der Waals surface area contributed by atoms with E-state index in [0.29, 0.717) is 46.8 Å². The molecule has 0 unspecified atom stereocenters. The van der Waals surface area contributed by atoms with Gasteiger partial charge in [-0.3, -0.25) is 4.79 Å². The van der Waals surface area contributed by atoms with E-state index in [-0.39, 0.29) is 18.9 Å². The van der Waals surface area contributed by atoms with Crippen molar-refractivity contribution in [2.75, 3.05) is 13.4 Å². The summed E-state index contributed by atoms with van der Waals surface area (Å²) in [4.78, 5) is 12.6. The van der Waals surface area contributed by atoms with Crippen molar-refractivity contribution in [3.8, 4) is 29.1 Å². The summed E-state index contributed by atoms with van der Waals surface area (Å²) in [6, 6.07) is 20.0. The quantitative estimate of drug-likeness (QED) is 0.324. The van der Waals surface area contributed by atoms with Crippen molar-refractivity contribution < 1.29 is 23.7 Å². The lowest BCUT2D eigenvalue weighted by molar-refractivity contribution is -0.117. The smallest absolute Gasteiger partial charge is 0.262 e. The first-order chi connectivity index (χ1) is 17.1. The molecule has 0 aromatic heterocycles. The van der Waals surface area contributed by atoms with Crippen LogP contribution in [-0.2, 0) is 17.9 Å². The maximum Gasteiger partial charge on any atom is 0.262 e. The van der Waals surface area contributed by atoms with Crippen LogP contribution in [0.25, 0.3) is 6.08 Å². The summed E-state index contributed by atoms with van der Waals surface area (Å²) in [5, 5.41) is 13.0. The first-order valence-corrected chi connectivity index (χ1v) is 11.4. The van der Waals surface area contributed by atoms with E-state index < -0.39 is 5.91 Å². The van der Waals surface area contributed by atoms with E-state index in [4.69, 9.17) is 30.5 Å². The first-order valence-electron chi connectivity index (χ1n) is 11.0. The van der Waals surface area contributed by atoms with Crippen molar-refractivity contribution >= 4 is 23.6 Å². The number of carbonyl (C=O) groups is 1. The Balaban J connectivity index is 1.43. The van der Waals surface area contributed by atoms with Gasteiger partial charge in [-0.15, -0.1) is 0 Å². The fourth-order valence-electron chi connectivity index (χ4n) is 3.39. The van der Waals surface area contributed by atoms with E-state index in [2.05, 4.69) is 5.32 Å². The minimum absolute atomic E-state index is 0.0250. The molecule has 0 aliphatic carbocycles. The van der Waals surface area contributed by atoms with Crippen LogP contribution in [0.1, 0.15) is 23.6 Å². The molecule has 1 aliphatic heterocycles. The van der Waals surface area contributed by atoms with E-state index in [1.807, 2.05) is 31.2 Å². The van der Waals surface area contributed by atoms with Crippen LogP contribution in [0.15, 0.2) is 66.2 Å². The molecule has 8 heteroatoms. The number of carbonyl (C=O) groups excluding carboxylic acids is 1. The number of amides is 1. The number of fused-ring (bicyclic) bond motifs is 1. The van der Waals surface area contributed by atoms with Gasteiger partial charge in [-0.2, -0.15) is 5.26 Å². The van der Waals surface area contributed by atoms with Crippen LogP contribution < -0.4 is 24.3 Å². The van der Waals surface area contributed by atoms with Crippen LogP contribution in [0.5, 0.6) is 23.0 Å². The zero-order valence-corrected chi connectivity index (χ0v) is 19.8. The van der Waals surface area contributed by atoms with Gasteiger partial charge in [0.25, 0.3) is 5.91 Å². The van der Waals surface area contributed by atoms with E-state index in [1.54, 1.807) is 42.5 Å². The molecule has 1 heterocycles. The molecule has 7 nitrogen and oxygen atoms in total. The first kappa shape index (κ1) is 24.0. The maximum absolute atomic E-state index is 12.6. The molecule has 0 atom stereocenters. The SMILES string of the molecule is CCOc1cc(/C=C(/C#N)C(=O)NCc2ccc3c(c2)OCO3)ccc1OCc1ccc(Cl)cc1. The Labute approximate surface area is 208 Å². The average molecular weight is 491 g/mol. The topological polar surface area (TPSA) is 89.8 Å². The summed E-state index contributed by atoms with van der Waals surface area (Å²) >= 11 is 5.93. The van der Waals surface area contributed by atoms with Crippen molar-refractivity contribution in [2.24, 2.45) is 0 Å². The average Bonchev–Trinajstić information content (AvgIpc) is 3.34. The molecule has 0 fully saturated rings. The van der Waals surface area contributed by atoms with Gasteiger partial charge in [-0.25, -0.2) is 0 Å². The van der Waals surface area contributed by atoms with E-state index in [1.165, 1.54) is 6.08 Å². The number of nitrogens with one attached hydrogen (secondary N) is 1. The molecule has 1 aliphatic rings. The Bertz CT molecular complexity index is 1280. The molecule has 0 saturated carbocycles. The second kappa shape index (κ2) is 11.3. The lowest BCUT2D eigenvalue weighted by Crippen LogP contribution is -2.23. The van der Waals surface area contributed by atoms with Crippen molar-refractivity contribution in [1.29, 1.82) is 5.26 Å². The van der Waals surface area contributed by atoms with E-state index in [0.717, 1.165) is 11.1 Å². The minimum Gasteiger partial charge on any atom is -0.490 e. The largest absolute Gasteiger partial charge is 0.490 e. The molecule has 0 spiro atoms. The van der Waals surface area contributed by atoms with Crippen molar-refractivity contribution in [1.82, 2.24) is 5.32 Å². The van der Waals surface area contributed by atoms with E-state index >= 15 is 0 Å². The summed E-state index contributed by atoms with van der Waals surface area (Å²) < 4.78 is 22.3. The van der Waals surface area contributed by atoms with Crippen LogP contribution >= 0.6 is 11.6 Å². The van der Waals surface area contributed by atoms with Gasteiger partial charge in [0.2, 0.25) is 6.79 Å². The zero-order valence-electron chi connectivity index (χ0n) is 19.0. The molecule has 178 valence electrons. The van der Waals surface area contributed by atoms with Gasteiger partial charge >= 0.3 is 0 Å². The molecule has 0 saturated heterocycles. The van der Waals surface area contributed by atoms with Gasteiger partial charge in [-0.05, 0) is 66.1 Å². The summed E-state index contributed by atoms with van der Waals surface area (Å²) in [6.07, 6.45) is 1.51. The fourth-order valence-corrected chi connectivity index (χ4v) is 3.51. The molecule has 3 aromatic rings. The van der Waals surface area contributed by atoms with Gasteiger partial charge in [-0.1, -0.05) is 35.9 Å². The predicted molar refractivity (Wildman–Crippen MR) is 131 cm³/mol. The molecular weight excluding hydrogens is 468 g/mol. The highest BCUT2D eigenvalue weighted by atomic mass is 35.5. The van der Waals surface area contributed by atoms with Gasteiger partial charge in [0.1, 0.15) is 18.2 Å². The van der Waals surface area contributed by atoms with Gasteiger partial charge in [0.15, 0.2) is 23.0 Å². The molecule has 1 N–H and O–H groups in total. The number of halogens is 1. The molecule has 3 aromatic carbocycles. The second-order valence-corrected chi connectivity index (χ2v) is 8.03. The molecule has 0 bridgehead atoms. The summed E-state index contributed by atoms with van der Waals surface area (Å²) in [6.45, 7) is 3.08. The number of benzene rings is 3. The van der Waals surface area contributed by atoms with E-state index in [9.17, 15) is 10.1 Å². The number of hydrogen-bond donors (Lipinski definition) is 1. The van der Waals surface area contributed by atoms with Crippen molar-refractivity contribution in [2.45, 2.75) is 20.1 Å². The lowest BCUT2D eigenvalue weighted by atomic mass is 10.1. The predicted octanol–water partition coefficient (Wildman–Crippen LogP) is 5.27. The monoisotopic (exact) mass is 490 g/mol. The Hall–Kier alpha value is -4.15. The maximum atomic E-state index is 12.6. The van der Waals surface area contributed by atoms with Gasteiger partial charge < -0.3 is 24.3 Å². The summed E-state index contributed by atoms with van der Waals surface area (Å²) in [7, 11) is 0. The van der Waals surface area contributed by atoms with Crippen LogP contribution in [0.3, 0.4) is 0 Å². The Kier molecular flexibility index (Phi) is 7.76. The molecular formula is C27H23ClN2O5. The third-order valence-corrected chi connectivity index (χ3v) is 5.39. The highest BCUT2D eigenvalue weighted by molar-refractivity contribution is 6.30. The minimum atomic E-state index is -0.480. The van der Waals surface area contributed by atoms with Gasteiger partial charge in [0.05, 0.1) is 6.61 Å². The second-order valence-electron chi connectivity index (χ2n) is 7.59. The highest BCUT2D eigenvalue weighted by Gasteiger charge is 2.15. The summed E-state index contributed by atoms with van der Waals surface area (Å²) in [5.74, 6) is 1.90. The van der Waals surface area contributed by atoms with Crippen LogP contribution in [0.4, 0.5) is 0 Å². The molecule has 35 heavy (non-hydrogen) atoms. The number of nitriles is 1. The molecule has 0 radical (unpaired) electrons. The Morgan fingerprint density at radius 2 is 1.80 bits per heavy atom. The number of rotatable bonds is 9. The van der Waals surface area contributed by atoms with Gasteiger partial charge in [0, 0.05) is 11.6 Å². The standard InChI is InChI=1S/C27H23ClN2O5/c1-2-32-25-12-19(5-9-23(25)33-16-18-3-7-22(28)8-4-18)11-21(14-29)27(31)30-15-20-6-10-24-26(13-20)35-17-34-24/h3-13H,2,15-17H2,1H3,(H,30,31)/b21-11-. The number of ether oxygens (including phenoxy) is 4. The highest BCUT2D eigenvalue weighted by Crippen LogP contribution is 2.33. The zero-order chi connectivity index (χ0) is 24.6. The summed E-state index contributed by atoms with van der Waals surface area (Å²) in [5.41, 5.74) is 2.41. The third kappa shape index (κ3) is 6.25. The Morgan fingerprint density at radius 3 is 2.57 bits per heavy atom. The fraction of sp³-hybridized carbons (Fsp3) is 0.185. The number of hydrogen-bond acceptors (Lipinski definition) is 6. The molecule has 4 rings (SSSR count). The van der Waals surface area contributed by atoms with Crippen LogP contribution in [-0.4, -0.2) is 19.3 Å². The van der Waals surface area contributed by atoms with Crippen molar-refractivity contribution in [3.05, 3.63) is 87.9 Å². The Morgan fingerprint density at radius 1 is 1.03 bits per heavy atom. The van der Waals surface area contributed by atoms with Crippen LogP contribution in [0.2, 0.25) is 5.02 Å². The normalized spacial score (nSPS) is 12.1. The van der Waals surface area contributed by atoms with Crippen molar-refractivity contribution in [3.63, 3.8) is 0 Å². The lowest BCUT2D eigenvalue weighted by Gasteiger charge is -2.13. The number of nitrogens with zero attached hydrogens (tertiary/aromatic N) is 1.